The Balaban J connectivity index is 0.000000303. The number of methoxy groups -OCH3 is 7. The molecule has 266 valence electrons. The van der Waals surface area contributed by atoms with Gasteiger partial charge in [-0.3, -0.25) is 4.79 Å². The van der Waals surface area contributed by atoms with Gasteiger partial charge >= 0.3 is 5.97 Å². The second kappa shape index (κ2) is 15.8. The van der Waals surface area contributed by atoms with E-state index in [1.807, 2.05) is 0 Å². The summed E-state index contributed by atoms with van der Waals surface area (Å²) in [5.74, 6) is 0.724. The fourth-order valence-corrected chi connectivity index (χ4v) is 6.16. The van der Waals surface area contributed by atoms with Crippen LogP contribution in [0.3, 0.4) is 0 Å². The number of aromatic nitrogens is 2. The molecule has 51 heavy (non-hydrogen) atoms. The number of esters is 1. The Morgan fingerprint density at radius 3 is 1.76 bits per heavy atom. The minimum absolute atomic E-state index is 0.146. The number of aliphatic hydroxyl groups is 1. The summed E-state index contributed by atoms with van der Waals surface area (Å²) in [6, 6.07) is 18.8. The summed E-state index contributed by atoms with van der Waals surface area (Å²) >= 11 is 1.09. The molecule has 0 saturated carbocycles. The lowest BCUT2D eigenvalue weighted by molar-refractivity contribution is -0.185. The molecule has 0 fully saturated rings. The molecule has 6 rings (SSSR count). The summed E-state index contributed by atoms with van der Waals surface area (Å²) in [4.78, 5) is 23.9. The largest absolute Gasteiger partial charge is 0.497 e. The SMILES string of the molecule is COc1cc(C=O)cc(OC)c1OC.COc1ccc(C2(O)OC(=O)C(c3ccc4nsnc4c3)=C2Cc2cc(OC)c(OC)c(OC)c2)cc1. The van der Waals surface area contributed by atoms with Crippen molar-refractivity contribution in [1.82, 2.24) is 8.75 Å². The number of cyclic esters (lactones) is 1. The van der Waals surface area contributed by atoms with Gasteiger partial charge in [0.1, 0.15) is 23.1 Å². The average molecular weight is 717 g/mol. The van der Waals surface area contributed by atoms with Gasteiger partial charge < -0.3 is 43.0 Å². The van der Waals surface area contributed by atoms with E-state index in [2.05, 4.69) is 8.75 Å². The van der Waals surface area contributed by atoms with Crippen LogP contribution in [-0.4, -0.2) is 75.9 Å². The van der Waals surface area contributed by atoms with Gasteiger partial charge in [-0.1, -0.05) is 6.07 Å². The average Bonchev–Trinajstić information content (AvgIpc) is 3.74. The summed E-state index contributed by atoms with van der Waals surface area (Å²) < 4.78 is 51.1. The number of hydrogen-bond donors (Lipinski definition) is 1. The van der Waals surface area contributed by atoms with Crippen LogP contribution in [0.4, 0.5) is 0 Å². The quantitative estimate of drug-likeness (QED) is 0.125. The first kappa shape index (κ1) is 36.4. The Morgan fingerprint density at radius 2 is 1.25 bits per heavy atom. The number of aldehydes is 1. The van der Waals surface area contributed by atoms with Crippen LogP contribution in [0.1, 0.15) is 27.0 Å². The second-order valence-electron chi connectivity index (χ2n) is 10.9. The Bertz CT molecular complexity index is 2030. The summed E-state index contributed by atoms with van der Waals surface area (Å²) in [7, 11) is 10.7. The van der Waals surface area contributed by atoms with Crippen LogP contribution in [0.25, 0.3) is 16.6 Å². The number of ether oxygens (including phenoxy) is 8. The van der Waals surface area contributed by atoms with Crippen molar-refractivity contribution in [3.05, 3.63) is 94.6 Å². The number of benzene rings is 4. The molecule has 0 radical (unpaired) electrons. The molecule has 1 N–H and O–H groups in total. The minimum atomic E-state index is -2.02. The normalized spacial score (nSPS) is 15.0. The van der Waals surface area contributed by atoms with Gasteiger partial charge in [0.2, 0.25) is 11.5 Å². The number of fused-ring (bicyclic) bond motifs is 1. The number of carbonyl (C=O) groups is 2. The smallest absolute Gasteiger partial charge is 0.342 e. The van der Waals surface area contributed by atoms with Crippen LogP contribution < -0.4 is 33.2 Å². The van der Waals surface area contributed by atoms with Gasteiger partial charge in [-0.2, -0.15) is 8.75 Å². The van der Waals surface area contributed by atoms with Crippen molar-refractivity contribution in [1.29, 1.82) is 0 Å². The predicted octanol–water partition coefficient (Wildman–Crippen LogP) is 5.65. The van der Waals surface area contributed by atoms with Gasteiger partial charge in [-0.25, -0.2) is 4.79 Å². The number of carbonyl (C=O) groups excluding carboxylic acids is 2. The second-order valence-corrected chi connectivity index (χ2v) is 11.4. The van der Waals surface area contributed by atoms with Gasteiger partial charge in [-0.05, 0) is 71.8 Å². The first-order valence-corrected chi connectivity index (χ1v) is 16.0. The Morgan fingerprint density at radius 1 is 0.706 bits per heavy atom. The highest BCUT2D eigenvalue weighted by Crippen LogP contribution is 2.47. The molecule has 14 heteroatoms. The molecule has 1 aliphatic rings. The zero-order valence-electron chi connectivity index (χ0n) is 29.0. The molecule has 0 spiro atoms. The van der Waals surface area contributed by atoms with Crippen LogP contribution in [0.2, 0.25) is 0 Å². The van der Waals surface area contributed by atoms with Gasteiger partial charge in [0, 0.05) is 23.1 Å². The topological polar surface area (TPSA) is 154 Å². The maximum atomic E-state index is 13.3. The minimum Gasteiger partial charge on any atom is -0.497 e. The Hall–Kier alpha value is -5.86. The van der Waals surface area contributed by atoms with Crippen molar-refractivity contribution in [2.45, 2.75) is 12.2 Å². The highest BCUT2D eigenvalue weighted by molar-refractivity contribution is 7.00. The Labute approximate surface area is 298 Å². The van der Waals surface area contributed by atoms with Crippen LogP contribution in [0.5, 0.6) is 40.2 Å². The van der Waals surface area contributed by atoms with E-state index >= 15 is 0 Å². The first-order valence-electron chi connectivity index (χ1n) is 15.3. The molecule has 0 saturated heterocycles. The molecule has 1 atom stereocenters. The van der Waals surface area contributed by atoms with E-state index in [4.69, 9.17) is 37.9 Å². The van der Waals surface area contributed by atoms with E-state index in [0.717, 1.165) is 23.5 Å². The third-order valence-corrected chi connectivity index (χ3v) is 8.66. The standard InChI is InChI=1S/C27H24N2O7S.C10H12O4/c1-32-18-8-6-17(7-9-18)27(31)19(11-15-12-22(33-2)25(35-4)23(13-15)34-3)24(26(30)36-27)16-5-10-20-21(14-16)29-37-28-20;1-12-8-4-7(6-11)5-9(13-2)10(8)14-3/h5-10,12-14,31H,11H2,1-4H3;4-6H,1-3H3. The molecule has 5 aromatic rings. The van der Waals surface area contributed by atoms with E-state index in [9.17, 15) is 14.7 Å². The summed E-state index contributed by atoms with van der Waals surface area (Å²) in [5.41, 5.74) is 4.13. The summed E-state index contributed by atoms with van der Waals surface area (Å²) in [6.45, 7) is 0. The van der Waals surface area contributed by atoms with E-state index in [-0.39, 0.29) is 12.0 Å². The fourth-order valence-electron chi connectivity index (χ4n) is 5.64. The fraction of sp³-hybridized carbons (Fsp3) is 0.243. The molecule has 13 nitrogen and oxygen atoms in total. The van der Waals surface area contributed by atoms with Gasteiger partial charge in [0.15, 0.2) is 23.0 Å². The zero-order chi connectivity index (χ0) is 36.7. The number of rotatable bonds is 12. The predicted molar refractivity (Wildman–Crippen MR) is 189 cm³/mol. The van der Waals surface area contributed by atoms with Crippen molar-refractivity contribution in [2.75, 3.05) is 49.8 Å². The van der Waals surface area contributed by atoms with Crippen LogP contribution >= 0.6 is 11.7 Å². The molecule has 0 amide bonds. The molecule has 4 aromatic carbocycles. The number of nitrogens with zero attached hydrogens (tertiary/aromatic N) is 2. The van der Waals surface area contributed by atoms with E-state index in [0.29, 0.717) is 73.6 Å². The lowest BCUT2D eigenvalue weighted by Crippen LogP contribution is -2.29. The maximum absolute atomic E-state index is 13.3. The maximum Gasteiger partial charge on any atom is 0.342 e. The van der Waals surface area contributed by atoms with Crippen molar-refractivity contribution < 1.29 is 52.6 Å². The molecular formula is C37H36N2O11S. The molecular weight excluding hydrogens is 680 g/mol. The molecule has 1 aliphatic heterocycles. The van der Waals surface area contributed by atoms with E-state index < -0.39 is 11.8 Å². The molecule has 2 heterocycles. The zero-order valence-corrected chi connectivity index (χ0v) is 29.8. The van der Waals surface area contributed by atoms with Crippen molar-refractivity contribution in [3.8, 4) is 40.2 Å². The monoisotopic (exact) mass is 716 g/mol. The third-order valence-electron chi connectivity index (χ3n) is 8.11. The lowest BCUT2D eigenvalue weighted by atomic mass is 9.88. The van der Waals surface area contributed by atoms with Crippen molar-refractivity contribution >= 4 is 40.6 Å². The van der Waals surface area contributed by atoms with E-state index in [1.165, 1.54) is 42.7 Å². The van der Waals surface area contributed by atoms with Crippen LogP contribution in [0, 0.1) is 0 Å². The molecule has 1 unspecified atom stereocenters. The summed E-state index contributed by atoms with van der Waals surface area (Å²) in [5, 5.41) is 11.9. The van der Waals surface area contributed by atoms with Crippen molar-refractivity contribution in [2.24, 2.45) is 0 Å². The molecule has 1 aromatic heterocycles. The van der Waals surface area contributed by atoms with Crippen LogP contribution in [0.15, 0.2) is 72.3 Å². The van der Waals surface area contributed by atoms with Gasteiger partial charge in [-0.15, -0.1) is 0 Å². The number of hydrogen-bond acceptors (Lipinski definition) is 14. The Kier molecular flexibility index (Phi) is 11.3. The van der Waals surface area contributed by atoms with Crippen LogP contribution in [-0.2, 0) is 21.7 Å². The first-order chi connectivity index (χ1) is 24.7. The highest BCUT2D eigenvalue weighted by Gasteiger charge is 2.48. The molecule has 0 bridgehead atoms. The van der Waals surface area contributed by atoms with Gasteiger partial charge in [0.05, 0.1) is 67.1 Å². The third kappa shape index (κ3) is 7.23. The van der Waals surface area contributed by atoms with Gasteiger partial charge in [0.25, 0.3) is 5.79 Å². The summed E-state index contributed by atoms with van der Waals surface area (Å²) in [6.07, 6.45) is 0.873. The van der Waals surface area contributed by atoms with Crippen molar-refractivity contribution in [3.63, 3.8) is 0 Å². The lowest BCUT2D eigenvalue weighted by Gasteiger charge is -2.26. The highest BCUT2D eigenvalue weighted by atomic mass is 32.1. The molecule has 0 aliphatic carbocycles. The van der Waals surface area contributed by atoms with E-state index in [1.54, 1.807) is 73.8 Å².